The molecule has 0 aliphatic carbocycles. The molecule has 0 bridgehead atoms. The number of hydrogen-bond donors (Lipinski definition) is 0. The van der Waals surface area contributed by atoms with E-state index in [2.05, 4.69) is 118 Å². The lowest BCUT2D eigenvalue weighted by atomic mass is 10.1. The van der Waals surface area contributed by atoms with E-state index in [1.807, 2.05) is 0 Å². The molecule has 0 aliphatic heterocycles. The molecule has 0 aromatic carbocycles. The number of unbranched alkanes of at least 4 members (excludes halogenated alkanes) is 19. The molecule has 1 atom stereocenters. The number of rotatable bonds is 43. The molecule has 0 rings (SSSR count). The molecule has 0 N–H and O–H groups in total. The van der Waals surface area contributed by atoms with Gasteiger partial charge in [-0.05, 0) is 96.3 Å². The van der Waals surface area contributed by atoms with Crippen molar-refractivity contribution in [1.29, 1.82) is 0 Å². The minimum absolute atomic E-state index is 0.101. The molecular weight excluding hydrogens is 757 g/mol. The SMILES string of the molecule is CC/C=C\C/C=C\C/C=C\CCCCCCC(=O)OC(COC(=O)CCCCCCC\C=C/C=C\C=C/C=C\CCCCC)COC(=O)CCCCCCC/C=C\CCCC. The molecule has 0 saturated carbocycles. The monoisotopic (exact) mass is 847 g/mol. The minimum atomic E-state index is -0.802. The van der Waals surface area contributed by atoms with E-state index in [1.165, 1.54) is 44.9 Å². The van der Waals surface area contributed by atoms with Crippen LogP contribution in [0.25, 0.3) is 0 Å². The number of carbonyl (C=O) groups excluding carboxylic acids is 3. The summed E-state index contributed by atoms with van der Waals surface area (Å²) in [7, 11) is 0. The van der Waals surface area contributed by atoms with E-state index >= 15 is 0 Å². The molecule has 0 aromatic rings. The van der Waals surface area contributed by atoms with E-state index in [-0.39, 0.29) is 31.1 Å². The maximum Gasteiger partial charge on any atom is 0.306 e. The predicted octanol–water partition coefficient (Wildman–Crippen LogP) is 16.2. The average Bonchev–Trinajstić information content (AvgIpc) is 3.26. The molecule has 0 fully saturated rings. The summed E-state index contributed by atoms with van der Waals surface area (Å²) in [6.07, 6.45) is 63.8. The second-order valence-corrected chi connectivity index (χ2v) is 16.1. The number of allylic oxidation sites excluding steroid dienone is 16. The van der Waals surface area contributed by atoms with Crippen LogP contribution in [0.1, 0.15) is 213 Å². The lowest BCUT2D eigenvalue weighted by molar-refractivity contribution is -0.167. The molecule has 0 saturated heterocycles. The number of hydrogen-bond acceptors (Lipinski definition) is 6. The fraction of sp³-hybridized carbons (Fsp3) is 0.655. The van der Waals surface area contributed by atoms with Crippen molar-refractivity contribution in [2.45, 2.75) is 219 Å². The lowest BCUT2D eigenvalue weighted by Gasteiger charge is -2.18. The fourth-order valence-electron chi connectivity index (χ4n) is 6.39. The standard InChI is InChI=1S/C55H90O6/c1-4-7-10-13-16-19-22-24-26-27-28-29-31-33-36-39-42-45-48-54(57)60-51-52(50-59-53(56)47-44-41-38-35-32-21-18-15-12-9-6-3)61-55(58)49-46-43-40-37-34-30-25-23-20-17-14-11-8-5-2/h8,11,15-20,22,24-30,52H,4-7,9-10,12-14,21,23,31-51H2,1-3H3/b11-8-,18-15-,19-16-,20-17-,24-22-,27-26-,29-28-,30-25-. The van der Waals surface area contributed by atoms with Gasteiger partial charge in [0.2, 0.25) is 0 Å². The van der Waals surface area contributed by atoms with Gasteiger partial charge in [-0.25, -0.2) is 0 Å². The van der Waals surface area contributed by atoms with E-state index in [4.69, 9.17) is 14.2 Å². The highest BCUT2D eigenvalue weighted by Crippen LogP contribution is 2.13. The number of ether oxygens (including phenoxy) is 3. The zero-order valence-electron chi connectivity index (χ0n) is 39.4. The van der Waals surface area contributed by atoms with Crippen molar-refractivity contribution < 1.29 is 28.6 Å². The van der Waals surface area contributed by atoms with Gasteiger partial charge >= 0.3 is 17.9 Å². The van der Waals surface area contributed by atoms with E-state index in [9.17, 15) is 14.4 Å². The highest BCUT2D eigenvalue weighted by atomic mass is 16.6. The van der Waals surface area contributed by atoms with Crippen LogP contribution in [-0.2, 0) is 28.6 Å². The first-order chi connectivity index (χ1) is 30.0. The second-order valence-electron chi connectivity index (χ2n) is 16.1. The topological polar surface area (TPSA) is 78.9 Å². The van der Waals surface area contributed by atoms with Crippen molar-refractivity contribution >= 4 is 17.9 Å². The molecule has 0 spiro atoms. The molecule has 0 aliphatic rings. The Morgan fingerprint density at radius 1 is 0.361 bits per heavy atom. The summed E-state index contributed by atoms with van der Waals surface area (Å²) in [5.41, 5.74) is 0. The fourth-order valence-corrected chi connectivity index (χ4v) is 6.39. The van der Waals surface area contributed by atoms with Crippen LogP contribution in [0.2, 0.25) is 0 Å². The quantitative estimate of drug-likeness (QED) is 0.0200. The molecule has 0 radical (unpaired) electrons. The Bertz CT molecular complexity index is 1250. The first kappa shape index (κ1) is 57.3. The molecule has 346 valence electrons. The van der Waals surface area contributed by atoms with Crippen molar-refractivity contribution in [3.8, 4) is 0 Å². The first-order valence-corrected chi connectivity index (χ1v) is 24.8. The Hall–Kier alpha value is -3.67. The molecule has 61 heavy (non-hydrogen) atoms. The number of esters is 3. The molecule has 0 amide bonds. The van der Waals surface area contributed by atoms with Crippen molar-refractivity contribution in [3.63, 3.8) is 0 Å². The van der Waals surface area contributed by atoms with Crippen molar-refractivity contribution in [3.05, 3.63) is 97.2 Å². The van der Waals surface area contributed by atoms with E-state index < -0.39 is 6.10 Å². The summed E-state index contributed by atoms with van der Waals surface area (Å²) in [6, 6.07) is 0. The third-order valence-electron chi connectivity index (χ3n) is 10.1. The van der Waals surface area contributed by atoms with Crippen LogP contribution in [0, 0.1) is 0 Å². The van der Waals surface area contributed by atoms with Crippen LogP contribution in [0.15, 0.2) is 97.2 Å². The van der Waals surface area contributed by atoms with E-state index in [1.54, 1.807) is 0 Å². The van der Waals surface area contributed by atoms with Crippen molar-refractivity contribution in [2.75, 3.05) is 13.2 Å². The van der Waals surface area contributed by atoms with E-state index in [0.29, 0.717) is 19.3 Å². The van der Waals surface area contributed by atoms with Gasteiger partial charge < -0.3 is 14.2 Å². The van der Waals surface area contributed by atoms with Gasteiger partial charge in [0, 0.05) is 19.3 Å². The summed E-state index contributed by atoms with van der Waals surface area (Å²) in [4.78, 5) is 37.9. The highest BCUT2D eigenvalue weighted by Gasteiger charge is 2.19. The first-order valence-electron chi connectivity index (χ1n) is 24.8. The van der Waals surface area contributed by atoms with Gasteiger partial charge in [0.15, 0.2) is 6.10 Å². The Labute approximate surface area is 375 Å². The van der Waals surface area contributed by atoms with Gasteiger partial charge in [0.25, 0.3) is 0 Å². The largest absolute Gasteiger partial charge is 0.462 e. The molecule has 0 aromatic heterocycles. The summed E-state index contributed by atoms with van der Waals surface area (Å²) < 4.78 is 16.7. The normalized spacial score (nSPS) is 12.9. The summed E-state index contributed by atoms with van der Waals surface area (Å²) in [5, 5.41) is 0. The molecule has 6 nitrogen and oxygen atoms in total. The Balaban J connectivity index is 4.48. The van der Waals surface area contributed by atoms with Gasteiger partial charge in [-0.3, -0.25) is 14.4 Å². The predicted molar refractivity (Wildman–Crippen MR) is 260 cm³/mol. The third-order valence-corrected chi connectivity index (χ3v) is 10.1. The smallest absolute Gasteiger partial charge is 0.306 e. The van der Waals surface area contributed by atoms with Gasteiger partial charge in [-0.2, -0.15) is 0 Å². The Morgan fingerprint density at radius 3 is 1.21 bits per heavy atom. The molecule has 6 heteroatoms. The van der Waals surface area contributed by atoms with Gasteiger partial charge in [0.1, 0.15) is 13.2 Å². The summed E-state index contributed by atoms with van der Waals surface area (Å²) in [5.74, 6) is -0.962. The zero-order valence-corrected chi connectivity index (χ0v) is 39.4. The highest BCUT2D eigenvalue weighted by molar-refractivity contribution is 5.71. The van der Waals surface area contributed by atoms with Crippen LogP contribution in [0.4, 0.5) is 0 Å². The van der Waals surface area contributed by atoms with Crippen molar-refractivity contribution in [2.24, 2.45) is 0 Å². The maximum atomic E-state index is 12.8. The van der Waals surface area contributed by atoms with Gasteiger partial charge in [-0.15, -0.1) is 0 Å². The van der Waals surface area contributed by atoms with Crippen LogP contribution >= 0.6 is 0 Å². The minimum Gasteiger partial charge on any atom is -0.462 e. The molecule has 0 heterocycles. The van der Waals surface area contributed by atoms with Crippen LogP contribution in [0.3, 0.4) is 0 Å². The van der Waals surface area contributed by atoms with Crippen LogP contribution < -0.4 is 0 Å². The number of carbonyl (C=O) groups is 3. The summed E-state index contributed by atoms with van der Waals surface area (Å²) in [6.45, 7) is 6.38. The average molecular weight is 847 g/mol. The maximum absolute atomic E-state index is 12.8. The van der Waals surface area contributed by atoms with Crippen LogP contribution in [-0.4, -0.2) is 37.2 Å². The molecular formula is C55H90O6. The van der Waals surface area contributed by atoms with Gasteiger partial charge in [0.05, 0.1) is 0 Å². The summed E-state index contributed by atoms with van der Waals surface area (Å²) >= 11 is 0. The van der Waals surface area contributed by atoms with Crippen molar-refractivity contribution in [1.82, 2.24) is 0 Å². The Kier molecular flexibility index (Phi) is 46.0. The van der Waals surface area contributed by atoms with E-state index in [0.717, 1.165) is 128 Å². The van der Waals surface area contributed by atoms with Gasteiger partial charge in [-0.1, -0.05) is 195 Å². The Morgan fingerprint density at radius 2 is 0.721 bits per heavy atom. The third kappa shape index (κ3) is 47.2. The molecule has 1 unspecified atom stereocenters. The van der Waals surface area contributed by atoms with Crippen LogP contribution in [0.5, 0.6) is 0 Å². The zero-order chi connectivity index (χ0) is 44.4. The lowest BCUT2D eigenvalue weighted by Crippen LogP contribution is -2.30. The second kappa shape index (κ2) is 49.0.